The van der Waals surface area contributed by atoms with E-state index in [-0.39, 0.29) is 103 Å². The number of carbonyl (C=O) groups excluding carboxylic acids is 12. The maximum atomic E-state index is 14.2. The number of nitrogens with zero attached hydrogens (tertiary/aromatic N) is 8. The van der Waals surface area contributed by atoms with Crippen molar-refractivity contribution in [3.05, 3.63) is 54.7 Å². The molecule has 4 bridgehead atoms. The molecule has 11 fully saturated rings. The predicted octanol–water partition coefficient (Wildman–Crippen LogP) is 7.54. The Hall–Kier alpha value is -8.85. The number of nitrogens with one attached hydrogen (secondary N) is 8. The number of aromatic amines is 1. The molecule has 143 heavy (non-hydrogen) atoms. The maximum Gasteiger partial charge on any atom is 0.481 e. The molecule has 20 atom stereocenters. The lowest BCUT2D eigenvalue weighted by Crippen LogP contribution is -2.63. The normalized spacial score (nSPS) is 25.1. The monoisotopic (exact) mass is 2070 g/mol. The number of nitrogens with two attached hydrogens (primary N) is 2. The number of rotatable bonds is 28. The Morgan fingerprint density at radius 1 is 0.510 bits per heavy atom. The van der Waals surface area contributed by atoms with Crippen molar-refractivity contribution in [2.24, 2.45) is 63.7 Å². The van der Waals surface area contributed by atoms with Crippen molar-refractivity contribution in [2.75, 3.05) is 19.6 Å². The number of hydrogen-bond donors (Lipinski definition) is 13. The van der Waals surface area contributed by atoms with Crippen LogP contribution in [0.5, 0.6) is 0 Å². The number of H-pyrrole nitrogens is 1. The van der Waals surface area contributed by atoms with Crippen LogP contribution in [0.15, 0.2) is 37.6 Å². The van der Waals surface area contributed by atoms with Gasteiger partial charge in [-0.2, -0.15) is 34.4 Å². The summed E-state index contributed by atoms with van der Waals surface area (Å²) in [6.45, 7) is 51.5. The lowest BCUT2D eigenvalue weighted by atomic mass is 9.45. The van der Waals surface area contributed by atoms with Crippen molar-refractivity contribution in [2.45, 2.75) is 388 Å². The summed E-state index contributed by atoms with van der Waals surface area (Å²) in [6, 6.07) is -8.57. The van der Waals surface area contributed by atoms with Gasteiger partial charge in [0.2, 0.25) is 47.3 Å². The molecule has 49 heteroatoms. The number of carboxylic acids is 1. The van der Waals surface area contributed by atoms with E-state index in [2.05, 4.69) is 98.7 Å². The topological polar surface area (TPSA) is 567 Å². The van der Waals surface area contributed by atoms with Crippen molar-refractivity contribution in [1.82, 2.24) is 81.0 Å². The van der Waals surface area contributed by atoms with Crippen molar-refractivity contribution in [1.29, 1.82) is 0 Å². The lowest BCUT2D eigenvalue weighted by molar-refractivity contribution is -0.185. The standard InChI is InChI=1S/C38H61BN6O9.C19H33BN2O3.C19H30N4O7.C18H31BN6O5.BCl3/c1-21(2)28(32(48)45-15-13-14-27(45)39-53-29-25-16-23(37(25,10)11)18-38(29,12)54-39)43-30(46)22(3)41-31(47)26(42-33(49)51-35(4,5)6)17-24-19-44(20-40-24)34(50)52-36(7,8)9;1-11(2)15(21)17(23)22-8-6-7-14(22)20-24-16-13-9-12(18(13,3)4)10-19(16,5)25-20;1-11(15(25)26)21-14(24)13(22-16(27)29-18(2,3)4)8-12-9-23(10-20-12)17(28)30-19(5,6)7;1-10(2)15(18(28)25-6-4-5-14(25)19(29)30)24-16(26)11(3)23-17(27)13(20)7-12-8-21-9-22-12;2-1(3)4/h19-23,25-29H,13-18H2,1-12H3,(H,41,47)(H,42,49)(H,43,46);11-16H,6-10,21H2,1-5H3;9-11,13H,8H2,1-7H3,(H,21,24)(H,22,27)(H,25,26);8-11,13-15,29-30H,4-7,20H2,1-3H3,(H,21,22)(H,23,27)(H,24,26);/t22?,23?,25?,26?,27?,28?,29?,38-;12?,13?,14?,15?,16?,19-;;;/m00.../s1. The van der Waals surface area contributed by atoms with Gasteiger partial charge in [0.15, 0.2) is 0 Å². The van der Waals surface area contributed by atoms with E-state index in [0.717, 1.165) is 66.5 Å². The lowest BCUT2D eigenvalue weighted by Gasteiger charge is -2.63. The highest BCUT2D eigenvalue weighted by atomic mass is 35.6. The first-order valence-electron chi connectivity index (χ1n) is 49.6. The highest BCUT2D eigenvalue weighted by molar-refractivity contribution is 7.54. The third kappa shape index (κ3) is 32.3. The molecule has 14 rings (SSSR count). The molecule has 0 aromatic carbocycles. The zero-order chi connectivity index (χ0) is 108. The number of ether oxygens (including phenoxy) is 4. The summed E-state index contributed by atoms with van der Waals surface area (Å²) >= 11 is 14.4. The molecule has 798 valence electrons. The minimum Gasteiger partial charge on any atom is -0.480 e. The van der Waals surface area contributed by atoms with Crippen molar-refractivity contribution < 1.29 is 115 Å². The molecule has 6 saturated carbocycles. The molecule has 0 radical (unpaired) electrons. The Morgan fingerprint density at radius 3 is 1.24 bits per heavy atom. The van der Waals surface area contributed by atoms with Gasteiger partial charge in [-0.1, -0.05) is 69.2 Å². The van der Waals surface area contributed by atoms with Crippen LogP contribution in [0.1, 0.15) is 268 Å². The molecule has 5 saturated heterocycles. The average molecular weight is 2070 g/mol. The van der Waals surface area contributed by atoms with Gasteiger partial charge in [-0.05, 0) is 234 Å². The number of likely N-dealkylation sites (tertiary alicyclic amines) is 3. The summed E-state index contributed by atoms with van der Waals surface area (Å²) in [4.78, 5) is 185. The highest BCUT2D eigenvalue weighted by Crippen LogP contribution is 2.66. The smallest absolute Gasteiger partial charge is 0.480 e. The Bertz CT molecular complexity index is 4890. The highest BCUT2D eigenvalue weighted by Gasteiger charge is 2.70. The Morgan fingerprint density at radius 2 is 0.881 bits per heavy atom. The fraction of sp³-hybridized carbons (Fsp3) is 0.766. The van der Waals surface area contributed by atoms with Gasteiger partial charge in [0.25, 0.3) is 0 Å². The summed E-state index contributed by atoms with van der Waals surface area (Å²) in [7, 11) is -2.46. The van der Waals surface area contributed by atoms with Gasteiger partial charge in [-0.15, -0.1) is 0 Å². The van der Waals surface area contributed by atoms with Crippen molar-refractivity contribution in [3.63, 3.8) is 0 Å². The minimum atomic E-state index is -1.63. The number of hydrogen-bond acceptors (Lipinski definition) is 28. The van der Waals surface area contributed by atoms with Crippen molar-refractivity contribution in [3.8, 4) is 0 Å². The fourth-order valence-electron chi connectivity index (χ4n) is 19.7. The van der Waals surface area contributed by atoms with Gasteiger partial charge in [0, 0.05) is 63.2 Å². The Labute approximate surface area is 856 Å². The Kier molecular flexibility index (Phi) is 40.8. The number of amides is 10. The van der Waals surface area contributed by atoms with E-state index in [9.17, 15) is 72.4 Å². The van der Waals surface area contributed by atoms with Crippen LogP contribution >= 0.6 is 34.4 Å². The summed E-state index contributed by atoms with van der Waals surface area (Å²) in [5.74, 6) is -3.74. The van der Waals surface area contributed by atoms with Crippen LogP contribution in [-0.2, 0) is 100.0 Å². The molecule has 3 aromatic rings. The number of halogens is 3. The Balaban J connectivity index is 0.000000242. The number of carbonyl (C=O) groups is 13. The van der Waals surface area contributed by atoms with E-state index in [1.807, 2.05) is 32.6 Å². The molecule has 18 unspecified atom stereocenters. The zero-order valence-corrected chi connectivity index (χ0v) is 90.3. The number of alkyl carbamates (subject to hydrolysis) is 2. The molecule has 3 aromatic heterocycles. The van der Waals surface area contributed by atoms with Crippen molar-refractivity contribution >= 4 is 138 Å². The largest absolute Gasteiger partial charge is 0.481 e. The van der Waals surface area contributed by atoms with E-state index in [1.165, 1.54) is 63.5 Å². The average Bonchev–Trinajstić information content (AvgIpc) is 1.59. The molecule has 10 amide bonds. The molecular weight excluding hydrogens is 1910 g/mol. The molecule has 0 spiro atoms. The first-order chi connectivity index (χ1) is 65.9. The second-order valence-electron chi connectivity index (χ2n) is 45.7. The van der Waals surface area contributed by atoms with E-state index < -0.39 is 162 Å². The molecule has 6 aliphatic carbocycles. The van der Waals surface area contributed by atoms with Crippen LogP contribution in [0.4, 0.5) is 19.2 Å². The zero-order valence-electron chi connectivity index (χ0n) is 88.0. The summed E-state index contributed by atoms with van der Waals surface area (Å²) in [6.07, 6.45) is 14.5. The van der Waals surface area contributed by atoms with Gasteiger partial charge in [0.05, 0.1) is 71.0 Å². The molecular formula is C94H155B4Cl3N18O24. The quantitative estimate of drug-likeness (QED) is 0.0246. The molecule has 5 aliphatic heterocycles. The first-order valence-corrected chi connectivity index (χ1v) is 50.9. The van der Waals surface area contributed by atoms with Gasteiger partial charge < -0.3 is 121 Å². The van der Waals surface area contributed by atoms with Gasteiger partial charge in [-0.3, -0.25) is 43.2 Å². The van der Waals surface area contributed by atoms with Gasteiger partial charge >= 0.3 is 56.7 Å². The van der Waals surface area contributed by atoms with Crippen LogP contribution < -0.4 is 48.7 Å². The second-order valence-corrected chi connectivity index (χ2v) is 47.7. The van der Waals surface area contributed by atoms with Crippen LogP contribution in [0.3, 0.4) is 0 Å². The summed E-state index contributed by atoms with van der Waals surface area (Å²) < 4.78 is 49.7. The van der Waals surface area contributed by atoms with E-state index >= 15 is 0 Å². The number of imidazole rings is 3. The fourth-order valence-corrected chi connectivity index (χ4v) is 19.7. The molecule has 15 N–H and O–H groups in total. The van der Waals surface area contributed by atoms with Gasteiger partial charge in [-0.25, -0.2) is 43.3 Å². The predicted molar refractivity (Wildman–Crippen MR) is 536 cm³/mol. The second kappa shape index (κ2) is 48.9. The molecule has 11 aliphatic rings. The third-order valence-corrected chi connectivity index (χ3v) is 27.7. The van der Waals surface area contributed by atoms with E-state index in [4.69, 9.17) is 88.5 Å². The summed E-state index contributed by atoms with van der Waals surface area (Å²) in [5, 5.41) is 46.1. The number of aliphatic carboxylic acids is 1. The molecule has 8 heterocycles. The van der Waals surface area contributed by atoms with E-state index in [1.54, 1.807) is 108 Å². The maximum absolute atomic E-state index is 14.2. The summed E-state index contributed by atoms with van der Waals surface area (Å²) in [5.41, 5.74) is 10.3. The first kappa shape index (κ1) is 119. The van der Waals surface area contributed by atoms with Crippen LogP contribution in [0.2, 0.25) is 0 Å². The minimum absolute atomic E-state index is 0.0139. The number of carboxylic acid groups (broad SMARTS) is 1. The van der Waals surface area contributed by atoms with Crippen LogP contribution in [0.25, 0.3) is 0 Å². The van der Waals surface area contributed by atoms with Crippen LogP contribution in [-0.4, -0.2) is 300 Å². The molecule has 42 nitrogen and oxygen atoms in total. The van der Waals surface area contributed by atoms with E-state index in [0.29, 0.717) is 66.2 Å². The van der Waals surface area contributed by atoms with Crippen LogP contribution in [0, 0.1) is 52.3 Å². The van der Waals surface area contributed by atoms with Gasteiger partial charge in [0.1, 0.15) is 77.4 Å². The SMILES string of the molecule is CC(C)C(N)C(=O)N1CCCC1B1OC2C3CC(C[C@]2(C)O1)C3(C)C.CC(NC(=O)C(Cc1cn(C(=O)OC(C)(C)C)cn1)NC(=O)OC(C)(C)C)C(=O)NC(C(=O)N1CCCC1B1OC2C3CC(C[C@]2(C)O1)C3(C)C)C(C)C.CC(NC(=O)C(Cc1cn(C(=O)OC(C)(C)C)cn1)NC(=O)OC(C)(C)C)C(=O)O.CC(NC(=O)C(N)Cc1cnc[nH]1)C(=O)NC(C(=O)N1CCCC1B(O)O)C(C)C.ClB(Cl)Cl. The third-order valence-electron chi connectivity index (χ3n) is 27.7. The number of aromatic nitrogens is 6.